The molecule has 1 aliphatic carbocycles. The summed E-state index contributed by atoms with van der Waals surface area (Å²) in [6.45, 7) is 5.42. The van der Waals surface area contributed by atoms with Crippen LogP contribution in [0.5, 0.6) is 0 Å². The van der Waals surface area contributed by atoms with Crippen molar-refractivity contribution in [2.75, 3.05) is 17.6 Å². The van der Waals surface area contributed by atoms with Crippen molar-refractivity contribution < 1.29 is 14.7 Å². The zero-order chi connectivity index (χ0) is 16.8. The third kappa shape index (κ3) is 5.11. The van der Waals surface area contributed by atoms with Gasteiger partial charge < -0.3 is 10.4 Å². The van der Waals surface area contributed by atoms with Crippen molar-refractivity contribution in [3.05, 3.63) is 36.9 Å². The molecule has 1 aliphatic rings. The van der Waals surface area contributed by atoms with Crippen molar-refractivity contribution >= 4 is 29.3 Å². The van der Waals surface area contributed by atoms with E-state index in [9.17, 15) is 14.7 Å². The van der Waals surface area contributed by atoms with Gasteiger partial charge >= 0.3 is 5.97 Å². The number of hydrogen-bond donors (Lipinski definition) is 2. The first-order valence-electron chi connectivity index (χ1n) is 7.64. The molecule has 0 radical (unpaired) electrons. The van der Waals surface area contributed by atoms with Crippen LogP contribution in [0.25, 0.3) is 0 Å². The summed E-state index contributed by atoms with van der Waals surface area (Å²) in [5, 5.41) is 12.1. The number of thioether (sulfide) groups is 1. The molecule has 0 spiro atoms. The summed E-state index contributed by atoms with van der Waals surface area (Å²) in [7, 11) is 0. The molecule has 6 heteroatoms. The lowest BCUT2D eigenvalue weighted by Gasteiger charge is -2.25. The molecule has 1 aromatic carbocycles. The van der Waals surface area contributed by atoms with Crippen LogP contribution in [0.3, 0.4) is 0 Å². The number of carbonyl (C=O) groups is 2. The zero-order valence-corrected chi connectivity index (χ0v) is 14.0. The first kappa shape index (κ1) is 17.6. The molecule has 0 heterocycles. The molecule has 1 unspecified atom stereocenters. The normalized spacial score (nSPS) is 15.2. The number of nitrogens with one attached hydrogen (secondary N) is 1. The fraction of sp³-hybridized carbons (Fsp3) is 0.412. The predicted molar refractivity (Wildman–Crippen MR) is 92.8 cm³/mol. The Morgan fingerprint density at radius 1 is 1.48 bits per heavy atom. The highest BCUT2D eigenvalue weighted by Gasteiger charge is 2.36. The molecule has 2 N–H and O–H groups in total. The second-order valence-electron chi connectivity index (χ2n) is 5.56. The number of carboxylic acids is 1. The summed E-state index contributed by atoms with van der Waals surface area (Å²) in [4.78, 5) is 26.3. The molecular formula is C17H22N2O3S. The number of nitrogens with zero attached hydrogens (tertiary/aromatic N) is 1. The number of para-hydroxylation sites is 1. The third-order valence-corrected chi connectivity index (χ3v) is 4.78. The van der Waals surface area contributed by atoms with E-state index in [1.807, 2.05) is 30.3 Å². The standard InChI is InChI=1S/C17H22N2O3S/c1-3-10-23-15-7-5-4-6-14(15)18-16(20)11-19(13-8-9-13)12(2)17(21)22/h3-7,12-13H,1,8-11H2,2H3,(H,18,20)(H,21,22). The summed E-state index contributed by atoms with van der Waals surface area (Å²) in [6.07, 6.45) is 3.72. The van der Waals surface area contributed by atoms with E-state index in [0.29, 0.717) is 0 Å². The summed E-state index contributed by atoms with van der Waals surface area (Å²) in [6, 6.07) is 7.14. The van der Waals surface area contributed by atoms with Gasteiger partial charge in [-0.25, -0.2) is 0 Å². The minimum Gasteiger partial charge on any atom is -0.480 e. The van der Waals surface area contributed by atoms with Crippen LogP contribution in [0.4, 0.5) is 5.69 Å². The van der Waals surface area contributed by atoms with Gasteiger partial charge in [-0.15, -0.1) is 18.3 Å². The van der Waals surface area contributed by atoms with Crippen molar-refractivity contribution in [3.63, 3.8) is 0 Å². The molecule has 0 saturated heterocycles. The number of benzene rings is 1. The van der Waals surface area contributed by atoms with Gasteiger partial charge in [0, 0.05) is 16.7 Å². The first-order valence-corrected chi connectivity index (χ1v) is 8.62. The second-order valence-corrected chi connectivity index (χ2v) is 6.62. The number of amides is 1. The Morgan fingerprint density at radius 2 is 2.17 bits per heavy atom. The molecule has 0 aliphatic heterocycles. The first-order chi connectivity index (χ1) is 11.0. The maximum atomic E-state index is 12.3. The Kier molecular flexibility index (Phi) is 6.24. The second kappa shape index (κ2) is 8.17. The molecule has 1 aromatic rings. The summed E-state index contributed by atoms with van der Waals surface area (Å²) >= 11 is 1.60. The summed E-state index contributed by atoms with van der Waals surface area (Å²) in [5.74, 6) is -0.319. The Morgan fingerprint density at radius 3 is 2.78 bits per heavy atom. The number of carbonyl (C=O) groups excluding carboxylic acids is 1. The molecule has 23 heavy (non-hydrogen) atoms. The molecule has 1 atom stereocenters. The van der Waals surface area contributed by atoms with Crippen molar-refractivity contribution in [2.45, 2.75) is 36.7 Å². The molecule has 0 aromatic heterocycles. The number of rotatable bonds is 9. The van der Waals surface area contributed by atoms with Gasteiger partial charge in [0.05, 0.1) is 12.2 Å². The Hall–Kier alpha value is -1.79. The maximum Gasteiger partial charge on any atom is 0.320 e. The van der Waals surface area contributed by atoms with E-state index in [-0.39, 0.29) is 18.5 Å². The van der Waals surface area contributed by atoms with E-state index in [1.54, 1.807) is 23.6 Å². The molecule has 5 nitrogen and oxygen atoms in total. The Bertz CT molecular complexity index is 587. The van der Waals surface area contributed by atoms with Gasteiger partial charge in [-0.1, -0.05) is 18.2 Å². The Balaban J connectivity index is 2.01. The molecule has 2 rings (SSSR count). The largest absolute Gasteiger partial charge is 0.480 e. The van der Waals surface area contributed by atoms with E-state index in [4.69, 9.17) is 0 Å². The van der Waals surface area contributed by atoms with Gasteiger partial charge in [-0.2, -0.15) is 0 Å². The van der Waals surface area contributed by atoms with E-state index < -0.39 is 12.0 Å². The van der Waals surface area contributed by atoms with Crippen LogP contribution in [0.1, 0.15) is 19.8 Å². The minimum atomic E-state index is -0.897. The number of anilines is 1. The van der Waals surface area contributed by atoms with Gasteiger partial charge in [0.1, 0.15) is 6.04 Å². The van der Waals surface area contributed by atoms with Gasteiger partial charge in [-0.05, 0) is 31.9 Å². The van der Waals surface area contributed by atoms with Crippen LogP contribution in [-0.4, -0.2) is 46.3 Å². The van der Waals surface area contributed by atoms with Crippen molar-refractivity contribution in [2.24, 2.45) is 0 Å². The van der Waals surface area contributed by atoms with Crippen LogP contribution in [-0.2, 0) is 9.59 Å². The maximum absolute atomic E-state index is 12.3. The lowest BCUT2D eigenvalue weighted by Crippen LogP contribution is -2.44. The molecule has 1 saturated carbocycles. The van der Waals surface area contributed by atoms with Crippen LogP contribution >= 0.6 is 11.8 Å². The fourth-order valence-corrected chi connectivity index (χ4v) is 3.08. The molecule has 0 bridgehead atoms. The van der Waals surface area contributed by atoms with Gasteiger partial charge in [0.25, 0.3) is 0 Å². The zero-order valence-electron chi connectivity index (χ0n) is 13.2. The molecule has 124 valence electrons. The number of hydrogen-bond acceptors (Lipinski definition) is 4. The quantitative estimate of drug-likeness (QED) is 0.537. The summed E-state index contributed by atoms with van der Waals surface area (Å²) < 4.78 is 0. The van der Waals surface area contributed by atoms with Crippen LogP contribution in [0, 0.1) is 0 Å². The average Bonchev–Trinajstić information content (AvgIpc) is 3.35. The van der Waals surface area contributed by atoms with Crippen molar-refractivity contribution in [3.8, 4) is 0 Å². The number of carboxylic acid groups (broad SMARTS) is 1. The summed E-state index contributed by atoms with van der Waals surface area (Å²) in [5.41, 5.74) is 0.753. The smallest absolute Gasteiger partial charge is 0.320 e. The van der Waals surface area contributed by atoms with E-state index in [2.05, 4.69) is 11.9 Å². The van der Waals surface area contributed by atoms with Crippen LogP contribution in [0.2, 0.25) is 0 Å². The molecule has 1 fully saturated rings. The highest BCUT2D eigenvalue weighted by atomic mass is 32.2. The van der Waals surface area contributed by atoms with E-state index in [1.165, 1.54) is 0 Å². The van der Waals surface area contributed by atoms with Gasteiger partial charge in [0.15, 0.2) is 0 Å². The topological polar surface area (TPSA) is 69.6 Å². The SMILES string of the molecule is C=CCSc1ccccc1NC(=O)CN(C1CC1)C(C)C(=O)O. The van der Waals surface area contributed by atoms with Crippen molar-refractivity contribution in [1.82, 2.24) is 4.90 Å². The molecule has 1 amide bonds. The monoisotopic (exact) mass is 334 g/mol. The predicted octanol–water partition coefficient (Wildman–Crippen LogP) is 2.84. The van der Waals surface area contributed by atoms with Gasteiger partial charge in [-0.3, -0.25) is 14.5 Å². The fourth-order valence-electron chi connectivity index (χ4n) is 2.33. The molecular weight excluding hydrogens is 312 g/mol. The van der Waals surface area contributed by atoms with E-state index in [0.717, 1.165) is 29.2 Å². The average molecular weight is 334 g/mol. The lowest BCUT2D eigenvalue weighted by molar-refractivity contribution is -0.143. The van der Waals surface area contributed by atoms with Crippen LogP contribution < -0.4 is 5.32 Å². The lowest BCUT2D eigenvalue weighted by atomic mass is 10.2. The third-order valence-electron chi connectivity index (χ3n) is 3.71. The Labute approximate surface area is 140 Å². The van der Waals surface area contributed by atoms with E-state index >= 15 is 0 Å². The highest BCUT2D eigenvalue weighted by Crippen LogP contribution is 2.29. The van der Waals surface area contributed by atoms with Crippen molar-refractivity contribution in [1.29, 1.82) is 0 Å². The van der Waals surface area contributed by atoms with Gasteiger partial charge in [0.2, 0.25) is 5.91 Å². The minimum absolute atomic E-state index is 0.0958. The highest BCUT2D eigenvalue weighted by molar-refractivity contribution is 7.99. The number of aliphatic carboxylic acids is 1. The van der Waals surface area contributed by atoms with Crippen LogP contribution in [0.15, 0.2) is 41.8 Å².